The molecule has 1 unspecified atom stereocenters. The Balaban J connectivity index is 2.10. The van der Waals surface area contributed by atoms with Crippen molar-refractivity contribution in [2.45, 2.75) is 31.4 Å². The van der Waals surface area contributed by atoms with E-state index < -0.39 is 5.97 Å². The van der Waals surface area contributed by atoms with Gasteiger partial charge in [0.05, 0.1) is 0 Å². The number of nitrogens with one attached hydrogen (secondary N) is 1. The fourth-order valence-electron chi connectivity index (χ4n) is 1.71. The number of aliphatic carboxylic acids is 1. The Hall–Kier alpha value is -0.910. The summed E-state index contributed by atoms with van der Waals surface area (Å²) in [6.07, 6.45) is 1.51. The van der Waals surface area contributed by atoms with Crippen LogP contribution in [0.1, 0.15) is 26.2 Å². The molecule has 0 saturated carbocycles. The second kappa shape index (κ2) is 7.42. The number of carbonyl (C=O) groups is 2. The molecule has 0 aromatic heterocycles. The monoisotopic (exact) mass is 260 g/mol. The number of thioether (sulfide) groups is 1. The van der Waals surface area contributed by atoms with Crippen LogP contribution in [0.25, 0.3) is 0 Å². The molecule has 1 aliphatic heterocycles. The summed E-state index contributed by atoms with van der Waals surface area (Å²) < 4.78 is 0. The quantitative estimate of drug-likeness (QED) is 0.733. The highest BCUT2D eigenvalue weighted by molar-refractivity contribution is 7.99. The van der Waals surface area contributed by atoms with E-state index in [9.17, 15) is 9.59 Å². The number of nitrogens with zero attached hydrogens (tertiary/aromatic N) is 1. The molecule has 1 saturated heterocycles. The number of unbranched alkanes of at least 4 members (excludes halogenated alkanes) is 1. The number of urea groups is 1. The lowest BCUT2D eigenvalue weighted by Gasteiger charge is -2.30. The Morgan fingerprint density at radius 3 is 2.88 bits per heavy atom. The number of carbonyl (C=O) groups excluding carboxylic acids is 1. The molecular formula is C11H20N2O3S. The average molecular weight is 260 g/mol. The van der Waals surface area contributed by atoms with Crippen LogP contribution in [-0.2, 0) is 4.79 Å². The molecule has 0 radical (unpaired) electrons. The molecule has 1 rings (SSSR count). The van der Waals surface area contributed by atoms with E-state index in [0.29, 0.717) is 18.2 Å². The number of rotatable bonds is 5. The van der Waals surface area contributed by atoms with Crippen LogP contribution in [0.3, 0.4) is 0 Å². The molecule has 0 aliphatic carbocycles. The van der Waals surface area contributed by atoms with Crippen LogP contribution in [0.15, 0.2) is 0 Å². The van der Waals surface area contributed by atoms with Gasteiger partial charge in [0.25, 0.3) is 0 Å². The van der Waals surface area contributed by atoms with Gasteiger partial charge in [0.2, 0.25) is 0 Å². The van der Waals surface area contributed by atoms with Crippen molar-refractivity contribution >= 4 is 23.8 Å². The maximum atomic E-state index is 11.7. The van der Waals surface area contributed by atoms with Crippen molar-refractivity contribution in [3.8, 4) is 0 Å². The Morgan fingerprint density at radius 1 is 1.47 bits per heavy atom. The first kappa shape index (κ1) is 14.2. The number of amides is 2. The largest absolute Gasteiger partial charge is 0.481 e. The molecule has 2 N–H and O–H groups in total. The Kier molecular flexibility index (Phi) is 6.18. The Morgan fingerprint density at radius 2 is 2.24 bits per heavy atom. The zero-order valence-corrected chi connectivity index (χ0v) is 11.0. The van der Waals surface area contributed by atoms with Gasteiger partial charge in [0.1, 0.15) is 0 Å². The zero-order valence-electron chi connectivity index (χ0n) is 10.1. The summed E-state index contributed by atoms with van der Waals surface area (Å²) in [5.74, 6) is 0.214. The van der Waals surface area contributed by atoms with E-state index in [1.165, 1.54) is 0 Å². The molecule has 0 aromatic rings. The van der Waals surface area contributed by atoms with Crippen molar-refractivity contribution in [1.82, 2.24) is 10.2 Å². The van der Waals surface area contributed by atoms with Crippen LogP contribution >= 0.6 is 11.8 Å². The van der Waals surface area contributed by atoms with E-state index in [1.54, 1.807) is 0 Å². The van der Waals surface area contributed by atoms with Gasteiger partial charge in [0.15, 0.2) is 0 Å². The molecule has 1 aliphatic rings. The summed E-state index contributed by atoms with van der Waals surface area (Å²) in [4.78, 5) is 23.8. The maximum Gasteiger partial charge on any atom is 0.317 e. The lowest BCUT2D eigenvalue weighted by Crippen LogP contribution is -2.46. The molecule has 1 atom stereocenters. The fourth-order valence-corrected chi connectivity index (χ4v) is 2.72. The molecular weight excluding hydrogens is 240 g/mol. The minimum Gasteiger partial charge on any atom is -0.481 e. The third-order valence-electron chi connectivity index (χ3n) is 2.62. The molecule has 0 aromatic carbocycles. The lowest BCUT2D eigenvalue weighted by molar-refractivity contribution is -0.137. The van der Waals surface area contributed by atoms with E-state index >= 15 is 0 Å². The lowest BCUT2D eigenvalue weighted by atomic mass is 10.2. The van der Waals surface area contributed by atoms with Gasteiger partial charge in [-0.25, -0.2) is 4.79 Å². The summed E-state index contributed by atoms with van der Waals surface area (Å²) in [7, 11) is 0. The second-order valence-electron chi connectivity index (χ2n) is 4.21. The van der Waals surface area contributed by atoms with Gasteiger partial charge in [-0.2, -0.15) is 11.8 Å². The van der Waals surface area contributed by atoms with Crippen LogP contribution in [0, 0.1) is 0 Å². The van der Waals surface area contributed by atoms with Crippen LogP contribution in [0.5, 0.6) is 0 Å². The molecule has 5 nitrogen and oxygen atoms in total. The van der Waals surface area contributed by atoms with Gasteiger partial charge in [-0.1, -0.05) is 6.92 Å². The first-order valence-electron chi connectivity index (χ1n) is 5.96. The highest BCUT2D eigenvalue weighted by Gasteiger charge is 2.20. The average Bonchev–Trinajstić information content (AvgIpc) is 2.28. The van der Waals surface area contributed by atoms with Gasteiger partial charge in [-0.15, -0.1) is 0 Å². The number of hydrogen-bond donors (Lipinski definition) is 2. The highest BCUT2D eigenvalue weighted by atomic mass is 32.2. The van der Waals surface area contributed by atoms with Gasteiger partial charge < -0.3 is 15.3 Å². The highest BCUT2D eigenvalue weighted by Crippen LogP contribution is 2.17. The third-order valence-corrected chi connectivity index (χ3v) is 3.76. The van der Waals surface area contributed by atoms with Gasteiger partial charge in [-0.05, 0) is 12.8 Å². The number of carboxylic acids is 1. The molecule has 1 fully saturated rings. The molecule has 0 spiro atoms. The van der Waals surface area contributed by atoms with Crippen molar-refractivity contribution in [3.63, 3.8) is 0 Å². The summed E-state index contributed by atoms with van der Waals surface area (Å²) >= 11 is 1.89. The summed E-state index contributed by atoms with van der Waals surface area (Å²) in [6.45, 7) is 4.28. The third kappa shape index (κ3) is 5.81. The van der Waals surface area contributed by atoms with E-state index in [4.69, 9.17) is 5.11 Å². The van der Waals surface area contributed by atoms with Crippen molar-refractivity contribution in [3.05, 3.63) is 0 Å². The zero-order chi connectivity index (χ0) is 12.7. The Labute approximate surface area is 106 Å². The van der Waals surface area contributed by atoms with Crippen LogP contribution in [-0.4, -0.2) is 52.6 Å². The molecule has 2 amide bonds. The van der Waals surface area contributed by atoms with Crippen LogP contribution in [0.4, 0.5) is 4.79 Å². The summed E-state index contributed by atoms with van der Waals surface area (Å²) in [6, 6.07) is -0.0209. The van der Waals surface area contributed by atoms with E-state index in [0.717, 1.165) is 25.3 Å². The fraction of sp³-hybridized carbons (Fsp3) is 0.818. The Bertz CT molecular complexity index is 273. The number of hydrogen-bond acceptors (Lipinski definition) is 3. The van der Waals surface area contributed by atoms with Gasteiger partial charge in [-0.3, -0.25) is 4.79 Å². The molecule has 0 bridgehead atoms. The minimum absolute atomic E-state index is 0.0209. The summed E-state index contributed by atoms with van der Waals surface area (Å²) in [5, 5.41) is 11.8. The maximum absolute atomic E-state index is 11.7. The minimum atomic E-state index is -0.779. The topological polar surface area (TPSA) is 69.6 Å². The van der Waals surface area contributed by atoms with Crippen molar-refractivity contribution in [1.29, 1.82) is 0 Å². The van der Waals surface area contributed by atoms with Crippen LogP contribution < -0.4 is 5.32 Å². The van der Waals surface area contributed by atoms with Crippen molar-refractivity contribution < 1.29 is 14.7 Å². The van der Waals surface area contributed by atoms with Gasteiger partial charge >= 0.3 is 12.0 Å². The molecule has 1 heterocycles. The predicted octanol–water partition coefficient (Wildman–Crippen LogP) is 1.39. The van der Waals surface area contributed by atoms with E-state index in [2.05, 4.69) is 12.2 Å². The molecule has 6 heteroatoms. The van der Waals surface area contributed by atoms with Crippen molar-refractivity contribution in [2.24, 2.45) is 0 Å². The van der Waals surface area contributed by atoms with Gasteiger partial charge in [0, 0.05) is 37.1 Å². The summed E-state index contributed by atoms with van der Waals surface area (Å²) in [5.41, 5.74) is 0. The second-order valence-corrected chi connectivity index (χ2v) is 5.76. The predicted molar refractivity (Wildman–Crippen MR) is 68.4 cm³/mol. The molecule has 98 valence electrons. The van der Waals surface area contributed by atoms with Crippen molar-refractivity contribution in [2.75, 3.05) is 25.4 Å². The smallest absolute Gasteiger partial charge is 0.317 e. The molecule has 17 heavy (non-hydrogen) atoms. The standard InChI is InChI=1S/C11H20N2O3S/c1-9-8-13(6-7-17-9)11(16)12-5-3-2-4-10(14)15/h9H,2-8H2,1H3,(H,12,16)(H,14,15). The number of carboxylic acid groups (broad SMARTS) is 1. The normalized spacial score (nSPS) is 20.1. The van der Waals surface area contributed by atoms with E-state index in [-0.39, 0.29) is 12.5 Å². The first-order valence-corrected chi connectivity index (χ1v) is 7.00. The SMILES string of the molecule is CC1CN(C(=O)NCCCCC(=O)O)CCS1. The van der Waals surface area contributed by atoms with Crippen LogP contribution in [0.2, 0.25) is 0 Å². The van der Waals surface area contributed by atoms with E-state index in [1.807, 2.05) is 16.7 Å². The first-order chi connectivity index (χ1) is 8.09.